The van der Waals surface area contributed by atoms with Crippen LogP contribution in [-0.2, 0) is 25.9 Å². The lowest BCUT2D eigenvalue weighted by Crippen LogP contribution is -2.35. The number of nitrogens with one attached hydrogen (secondary N) is 1. The van der Waals surface area contributed by atoms with Crippen molar-refractivity contribution in [2.45, 2.75) is 45.3 Å². The third kappa shape index (κ3) is 3.33. The van der Waals surface area contributed by atoms with Crippen LogP contribution in [0, 0.1) is 0 Å². The standard InChI is InChI=1S/C18H21N7O2/c1-2-24-15-9-8-12(10-14(15)17(21-24)18(26)27)19-11-16-20-22-23-25(16)13-6-4-3-5-7-13/h3-7,12,19H,2,8-11H2,1H3,(H,26,27)/t12-/m1/s1. The van der Waals surface area contributed by atoms with Gasteiger partial charge in [-0.3, -0.25) is 4.68 Å². The SMILES string of the molecule is CCn1nc(C(=O)O)c2c1CC[C@@H](NCc1nnnn1-c1ccccc1)C2. The lowest BCUT2D eigenvalue weighted by atomic mass is 9.91. The van der Waals surface area contributed by atoms with E-state index in [2.05, 4.69) is 25.9 Å². The van der Waals surface area contributed by atoms with E-state index in [0.29, 0.717) is 19.5 Å². The minimum atomic E-state index is -0.966. The summed E-state index contributed by atoms with van der Waals surface area (Å²) in [5, 5.41) is 29.1. The predicted octanol–water partition coefficient (Wildman–Crippen LogP) is 1.22. The monoisotopic (exact) mass is 367 g/mol. The highest BCUT2D eigenvalue weighted by Crippen LogP contribution is 2.25. The molecule has 4 rings (SSSR count). The van der Waals surface area contributed by atoms with E-state index in [4.69, 9.17) is 0 Å². The van der Waals surface area contributed by atoms with Gasteiger partial charge in [-0.1, -0.05) is 18.2 Å². The molecule has 2 heterocycles. The van der Waals surface area contributed by atoms with Crippen molar-refractivity contribution in [3.8, 4) is 5.69 Å². The Labute approximate surface area is 156 Å². The summed E-state index contributed by atoms with van der Waals surface area (Å²) >= 11 is 0. The maximum atomic E-state index is 11.5. The Bertz CT molecular complexity index is 948. The molecule has 9 heteroatoms. The fourth-order valence-corrected chi connectivity index (χ4v) is 3.62. The quantitative estimate of drug-likeness (QED) is 0.674. The van der Waals surface area contributed by atoms with Crippen LogP contribution in [0.1, 0.15) is 40.9 Å². The van der Waals surface area contributed by atoms with Crippen LogP contribution in [0.15, 0.2) is 30.3 Å². The van der Waals surface area contributed by atoms with Gasteiger partial charge >= 0.3 is 5.97 Å². The summed E-state index contributed by atoms with van der Waals surface area (Å²) in [5.41, 5.74) is 2.97. The smallest absolute Gasteiger partial charge is 0.356 e. The second-order valence-corrected chi connectivity index (χ2v) is 6.56. The normalized spacial score (nSPS) is 16.3. The van der Waals surface area contributed by atoms with E-state index >= 15 is 0 Å². The largest absolute Gasteiger partial charge is 0.476 e. The highest BCUT2D eigenvalue weighted by Gasteiger charge is 2.28. The lowest BCUT2D eigenvalue weighted by molar-refractivity contribution is 0.0688. The minimum absolute atomic E-state index is 0.158. The number of benzene rings is 1. The Hall–Kier alpha value is -3.07. The van der Waals surface area contributed by atoms with Gasteiger partial charge in [0.1, 0.15) is 0 Å². The number of fused-ring (bicyclic) bond motifs is 1. The molecule has 0 fully saturated rings. The van der Waals surface area contributed by atoms with Crippen LogP contribution in [0.5, 0.6) is 0 Å². The average molecular weight is 367 g/mol. The van der Waals surface area contributed by atoms with Crippen LogP contribution in [0.4, 0.5) is 0 Å². The highest BCUT2D eigenvalue weighted by atomic mass is 16.4. The van der Waals surface area contributed by atoms with Crippen LogP contribution in [-0.4, -0.2) is 47.1 Å². The molecule has 0 spiro atoms. The molecular weight excluding hydrogens is 346 g/mol. The summed E-state index contributed by atoms with van der Waals surface area (Å²) in [7, 11) is 0. The van der Waals surface area contributed by atoms with E-state index in [1.165, 1.54) is 0 Å². The van der Waals surface area contributed by atoms with Crippen LogP contribution >= 0.6 is 0 Å². The third-order valence-corrected chi connectivity index (χ3v) is 4.93. The van der Waals surface area contributed by atoms with Gasteiger partial charge in [-0.05, 0) is 48.7 Å². The van der Waals surface area contributed by atoms with Crippen molar-refractivity contribution in [3.05, 3.63) is 53.1 Å². The minimum Gasteiger partial charge on any atom is -0.476 e. The molecule has 27 heavy (non-hydrogen) atoms. The Morgan fingerprint density at radius 1 is 1.33 bits per heavy atom. The molecule has 1 atom stereocenters. The summed E-state index contributed by atoms with van der Waals surface area (Å²) < 4.78 is 3.52. The number of para-hydroxylation sites is 1. The molecule has 0 saturated heterocycles. The van der Waals surface area contributed by atoms with Crippen molar-refractivity contribution in [1.29, 1.82) is 0 Å². The molecule has 2 aromatic heterocycles. The predicted molar refractivity (Wildman–Crippen MR) is 96.7 cm³/mol. The highest BCUT2D eigenvalue weighted by molar-refractivity contribution is 5.87. The van der Waals surface area contributed by atoms with Gasteiger partial charge in [0.15, 0.2) is 11.5 Å². The van der Waals surface area contributed by atoms with Gasteiger partial charge in [0, 0.05) is 23.8 Å². The zero-order valence-corrected chi connectivity index (χ0v) is 15.0. The molecule has 1 aromatic carbocycles. The molecule has 0 amide bonds. The number of carboxylic acid groups (broad SMARTS) is 1. The van der Waals surface area contributed by atoms with Crippen molar-refractivity contribution < 1.29 is 9.90 Å². The number of carboxylic acids is 1. The summed E-state index contributed by atoms with van der Waals surface area (Å²) in [6.07, 6.45) is 2.37. The van der Waals surface area contributed by atoms with Gasteiger partial charge in [-0.25, -0.2) is 4.79 Å². The molecule has 0 bridgehead atoms. The molecule has 2 N–H and O–H groups in total. The summed E-state index contributed by atoms with van der Waals surface area (Å²) in [6.45, 7) is 3.17. The molecule has 0 saturated carbocycles. The van der Waals surface area contributed by atoms with Crippen LogP contribution in [0.3, 0.4) is 0 Å². The Kier molecular flexibility index (Phi) is 4.68. The molecule has 0 aliphatic heterocycles. The zero-order chi connectivity index (χ0) is 18.8. The number of tetrazole rings is 1. The maximum absolute atomic E-state index is 11.5. The summed E-state index contributed by atoms with van der Waals surface area (Å²) in [6, 6.07) is 9.88. The zero-order valence-electron chi connectivity index (χ0n) is 15.0. The molecule has 3 aromatic rings. The first-order valence-electron chi connectivity index (χ1n) is 9.05. The van der Waals surface area contributed by atoms with Gasteiger partial charge in [-0.2, -0.15) is 9.78 Å². The van der Waals surface area contributed by atoms with Gasteiger partial charge in [0.2, 0.25) is 0 Å². The number of hydrogen-bond acceptors (Lipinski definition) is 6. The first-order valence-corrected chi connectivity index (χ1v) is 9.05. The lowest BCUT2D eigenvalue weighted by Gasteiger charge is -2.24. The first-order chi connectivity index (χ1) is 13.2. The second kappa shape index (κ2) is 7.28. The number of carbonyl (C=O) groups is 1. The Morgan fingerprint density at radius 2 is 2.15 bits per heavy atom. The van der Waals surface area contributed by atoms with Crippen molar-refractivity contribution in [2.24, 2.45) is 0 Å². The number of rotatable bonds is 6. The average Bonchev–Trinajstić information content (AvgIpc) is 3.31. The fraction of sp³-hybridized carbons (Fsp3) is 0.389. The van der Waals surface area contributed by atoms with E-state index in [-0.39, 0.29) is 11.7 Å². The van der Waals surface area contributed by atoms with Crippen molar-refractivity contribution in [1.82, 2.24) is 35.3 Å². The van der Waals surface area contributed by atoms with Gasteiger partial charge in [-0.15, -0.1) is 5.10 Å². The van der Waals surface area contributed by atoms with E-state index < -0.39 is 5.97 Å². The summed E-state index contributed by atoms with van der Waals surface area (Å²) in [5.74, 6) is -0.248. The van der Waals surface area contributed by atoms with Crippen molar-refractivity contribution in [3.63, 3.8) is 0 Å². The van der Waals surface area contributed by atoms with Crippen molar-refractivity contribution >= 4 is 5.97 Å². The van der Waals surface area contributed by atoms with Gasteiger partial charge in [0.25, 0.3) is 0 Å². The van der Waals surface area contributed by atoms with E-state index in [0.717, 1.165) is 35.6 Å². The van der Waals surface area contributed by atoms with E-state index in [9.17, 15) is 9.90 Å². The molecule has 1 aliphatic rings. The molecule has 9 nitrogen and oxygen atoms in total. The molecular formula is C18H21N7O2. The number of aryl methyl sites for hydroxylation is 1. The van der Waals surface area contributed by atoms with Gasteiger partial charge < -0.3 is 10.4 Å². The Balaban J connectivity index is 1.48. The second-order valence-electron chi connectivity index (χ2n) is 6.56. The van der Waals surface area contributed by atoms with Crippen LogP contribution in [0.25, 0.3) is 5.69 Å². The topological polar surface area (TPSA) is 111 Å². The summed E-state index contributed by atoms with van der Waals surface area (Å²) in [4.78, 5) is 11.5. The molecule has 0 unspecified atom stereocenters. The number of aromatic nitrogens is 6. The van der Waals surface area contributed by atoms with E-state index in [1.807, 2.05) is 41.9 Å². The van der Waals surface area contributed by atoms with E-state index in [1.54, 1.807) is 4.68 Å². The maximum Gasteiger partial charge on any atom is 0.356 e. The molecule has 0 radical (unpaired) electrons. The molecule has 1 aliphatic carbocycles. The third-order valence-electron chi connectivity index (χ3n) is 4.93. The van der Waals surface area contributed by atoms with Crippen LogP contribution in [0.2, 0.25) is 0 Å². The molecule has 140 valence electrons. The number of nitrogens with zero attached hydrogens (tertiary/aromatic N) is 6. The van der Waals surface area contributed by atoms with Crippen molar-refractivity contribution in [2.75, 3.05) is 0 Å². The Morgan fingerprint density at radius 3 is 2.89 bits per heavy atom. The first kappa shape index (κ1) is 17.3. The number of aromatic carboxylic acids is 1. The van der Waals surface area contributed by atoms with Crippen LogP contribution < -0.4 is 5.32 Å². The van der Waals surface area contributed by atoms with Gasteiger partial charge in [0.05, 0.1) is 12.2 Å². The fourth-order valence-electron chi connectivity index (χ4n) is 3.62. The number of hydrogen-bond donors (Lipinski definition) is 2.